The fraction of sp³-hybridized carbons (Fsp3) is 0.318. The average molecular weight is 346 g/mol. The van der Waals surface area contributed by atoms with Crippen molar-refractivity contribution in [3.05, 3.63) is 66.1 Å². The predicted molar refractivity (Wildman–Crippen MR) is 108 cm³/mol. The van der Waals surface area contributed by atoms with E-state index in [1.807, 2.05) is 0 Å². The molecule has 0 saturated carbocycles. The zero-order valence-electron chi connectivity index (χ0n) is 15.6. The van der Waals surface area contributed by atoms with Gasteiger partial charge in [0.2, 0.25) is 0 Å². The van der Waals surface area contributed by atoms with E-state index >= 15 is 0 Å². The normalized spacial score (nSPS) is 13.7. The van der Waals surface area contributed by atoms with Gasteiger partial charge in [0.15, 0.2) is 0 Å². The van der Waals surface area contributed by atoms with Crippen molar-refractivity contribution >= 4 is 11.4 Å². The highest BCUT2D eigenvalue weighted by atomic mass is 15.1. The lowest BCUT2D eigenvalue weighted by Gasteiger charge is -2.15. The molecule has 0 bridgehead atoms. The van der Waals surface area contributed by atoms with E-state index in [-0.39, 0.29) is 0 Å². The Bertz CT molecular complexity index is 854. The largest absolute Gasteiger partial charge is 0.355 e. The average Bonchev–Trinajstić information content (AvgIpc) is 3.08. The zero-order valence-corrected chi connectivity index (χ0v) is 15.6. The van der Waals surface area contributed by atoms with E-state index in [2.05, 4.69) is 83.6 Å². The molecule has 2 aromatic carbocycles. The van der Waals surface area contributed by atoms with Gasteiger partial charge in [-0.15, -0.1) is 0 Å². The van der Waals surface area contributed by atoms with Crippen LogP contribution in [0, 0.1) is 0 Å². The van der Waals surface area contributed by atoms with Crippen LogP contribution in [0.1, 0.15) is 24.2 Å². The molecule has 0 aliphatic carbocycles. The Morgan fingerprint density at radius 3 is 2.62 bits per heavy atom. The number of nitrogens with one attached hydrogen (secondary N) is 1. The lowest BCUT2D eigenvalue weighted by atomic mass is 10.1. The van der Waals surface area contributed by atoms with E-state index in [1.54, 1.807) is 0 Å². The number of hydrogen-bond acceptors (Lipinski definition) is 3. The predicted octanol–water partition coefficient (Wildman–Crippen LogP) is 4.69. The molecule has 0 unspecified atom stereocenters. The Morgan fingerprint density at radius 2 is 1.85 bits per heavy atom. The van der Waals surface area contributed by atoms with Gasteiger partial charge in [0.25, 0.3) is 0 Å². The highest BCUT2D eigenvalue weighted by Gasteiger charge is 2.13. The maximum atomic E-state index is 4.82. The molecule has 26 heavy (non-hydrogen) atoms. The number of aryl methyl sites for hydroxylation is 2. The molecular formula is C22H26N4. The van der Waals surface area contributed by atoms with Crippen molar-refractivity contribution in [2.75, 3.05) is 19.4 Å². The third kappa shape index (κ3) is 3.65. The lowest BCUT2D eigenvalue weighted by molar-refractivity contribution is 0.403. The van der Waals surface area contributed by atoms with Crippen molar-refractivity contribution in [1.82, 2.24) is 14.5 Å². The summed E-state index contributed by atoms with van der Waals surface area (Å²) in [6, 6.07) is 17.1. The number of fused-ring (bicyclic) bond motifs is 1. The molecule has 1 aromatic heterocycles. The van der Waals surface area contributed by atoms with Gasteiger partial charge in [-0.1, -0.05) is 30.3 Å². The second-order valence-corrected chi connectivity index (χ2v) is 7.29. The molecule has 0 saturated heterocycles. The van der Waals surface area contributed by atoms with Gasteiger partial charge in [-0.2, -0.15) is 0 Å². The summed E-state index contributed by atoms with van der Waals surface area (Å²) in [5, 5.41) is 3.55. The van der Waals surface area contributed by atoms with Crippen LogP contribution in [0.15, 0.2) is 54.7 Å². The summed E-state index contributed by atoms with van der Waals surface area (Å²) in [5.41, 5.74) is 5.82. The highest BCUT2D eigenvalue weighted by Crippen LogP contribution is 2.26. The van der Waals surface area contributed by atoms with Gasteiger partial charge in [-0.05, 0) is 50.7 Å². The molecule has 1 aliphatic rings. The van der Waals surface area contributed by atoms with Gasteiger partial charge in [0.1, 0.15) is 5.82 Å². The second kappa shape index (κ2) is 7.34. The van der Waals surface area contributed by atoms with Crippen LogP contribution in [-0.4, -0.2) is 28.5 Å². The maximum Gasteiger partial charge on any atom is 0.109 e. The first-order valence-electron chi connectivity index (χ1n) is 9.35. The summed E-state index contributed by atoms with van der Waals surface area (Å²) < 4.78 is 2.31. The smallest absolute Gasteiger partial charge is 0.109 e. The summed E-state index contributed by atoms with van der Waals surface area (Å²) >= 11 is 0. The van der Waals surface area contributed by atoms with Crippen LogP contribution in [-0.2, 0) is 19.5 Å². The van der Waals surface area contributed by atoms with Crippen LogP contribution in [0.2, 0.25) is 0 Å². The SMILES string of the molecule is CN(C)Cc1ccccc1Nc1ccc(-c2cn3c(n2)CCCC3)cc1. The van der Waals surface area contributed by atoms with Crippen molar-refractivity contribution in [2.45, 2.75) is 32.4 Å². The van der Waals surface area contributed by atoms with Crippen LogP contribution >= 0.6 is 0 Å². The Morgan fingerprint density at radius 1 is 1.04 bits per heavy atom. The van der Waals surface area contributed by atoms with E-state index in [0.717, 1.165) is 36.6 Å². The van der Waals surface area contributed by atoms with Gasteiger partial charge in [-0.25, -0.2) is 4.98 Å². The molecule has 0 radical (unpaired) electrons. The topological polar surface area (TPSA) is 33.1 Å². The van der Waals surface area contributed by atoms with Crippen molar-refractivity contribution in [3.8, 4) is 11.3 Å². The van der Waals surface area contributed by atoms with Crippen LogP contribution < -0.4 is 5.32 Å². The van der Waals surface area contributed by atoms with Crippen molar-refractivity contribution in [3.63, 3.8) is 0 Å². The second-order valence-electron chi connectivity index (χ2n) is 7.29. The summed E-state index contributed by atoms with van der Waals surface area (Å²) in [6.45, 7) is 2.02. The Kier molecular flexibility index (Phi) is 4.76. The number of hydrogen-bond donors (Lipinski definition) is 1. The highest BCUT2D eigenvalue weighted by molar-refractivity contribution is 5.67. The Hall–Kier alpha value is -2.59. The van der Waals surface area contributed by atoms with Gasteiger partial charge in [0, 0.05) is 42.6 Å². The molecule has 3 aromatic rings. The first-order chi connectivity index (χ1) is 12.7. The third-order valence-corrected chi connectivity index (χ3v) is 4.87. The zero-order chi connectivity index (χ0) is 17.9. The van der Waals surface area contributed by atoms with E-state index < -0.39 is 0 Å². The molecule has 0 spiro atoms. The molecule has 0 fully saturated rings. The Labute approximate surface area is 155 Å². The van der Waals surface area contributed by atoms with Crippen molar-refractivity contribution < 1.29 is 0 Å². The number of aromatic nitrogens is 2. The molecular weight excluding hydrogens is 320 g/mol. The summed E-state index contributed by atoms with van der Waals surface area (Å²) in [4.78, 5) is 7.00. The fourth-order valence-corrected chi connectivity index (χ4v) is 3.55. The first kappa shape index (κ1) is 16.9. The molecule has 134 valence electrons. The maximum absolute atomic E-state index is 4.82. The summed E-state index contributed by atoms with van der Waals surface area (Å²) in [7, 11) is 4.19. The third-order valence-electron chi connectivity index (χ3n) is 4.87. The number of para-hydroxylation sites is 1. The van der Waals surface area contributed by atoms with Gasteiger partial charge in [0.05, 0.1) is 5.69 Å². The molecule has 2 heterocycles. The summed E-state index contributed by atoms with van der Waals surface area (Å²) in [5.74, 6) is 1.23. The number of nitrogens with zero attached hydrogens (tertiary/aromatic N) is 3. The van der Waals surface area contributed by atoms with Crippen molar-refractivity contribution in [1.29, 1.82) is 0 Å². The van der Waals surface area contributed by atoms with Crippen LogP contribution in [0.4, 0.5) is 11.4 Å². The Balaban J connectivity index is 1.53. The number of benzene rings is 2. The van der Waals surface area contributed by atoms with Crippen molar-refractivity contribution in [2.24, 2.45) is 0 Å². The number of imidazole rings is 1. The molecule has 4 heteroatoms. The minimum atomic E-state index is 0.918. The first-order valence-corrected chi connectivity index (χ1v) is 9.35. The monoisotopic (exact) mass is 346 g/mol. The fourth-order valence-electron chi connectivity index (χ4n) is 3.55. The molecule has 4 rings (SSSR count). The number of anilines is 2. The van der Waals surface area contributed by atoms with Crippen LogP contribution in [0.3, 0.4) is 0 Å². The minimum Gasteiger partial charge on any atom is -0.355 e. The molecule has 0 amide bonds. The van der Waals surface area contributed by atoms with Crippen LogP contribution in [0.5, 0.6) is 0 Å². The van der Waals surface area contributed by atoms with Gasteiger partial charge in [-0.3, -0.25) is 0 Å². The van der Waals surface area contributed by atoms with E-state index in [0.29, 0.717) is 0 Å². The van der Waals surface area contributed by atoms with Gasteiger partial charge < -0.3 is 14.8 Å². The molecule has 0 atom stereocenters. The van der Waals surface area contributed by atoms with E-state index in [4.69, 9.17) is 4.98 Å². The minimum absolute atomic E-state index is 0.918. The lowest BCUT2D eigenvalue weighted by Crippen LogP contribution is -2.12. The standard InChI is InChI=1S/C22H26N4/c1-25(2)15-18-7-3-4-8-20(18)23-19-12-10-17(11-13-19)21-16-26-14-6-5-9-22(26)24-21/h3-4,7-8,10-13,16,23H,5-6,9,14-15H2,1-2H3. The quantitative estimate of drug-likeness (QED) is 0.727. The number of rotatable bonds is 5. The molecule has 4 nitrogen and oxygen atoms in total. The molecule has 1 aliphatic heterocycles. The van der Waals surface area contributed by atoms with Gasteiger partial charge >= 0.3 is 0 Å². The van der Waals surface area contributed by atoms with Crippen LogP contribution in [0.25, 0.3) is 11.3 Å². The molecule has 1 N–H and O–H groups in total. The van der Waals surface area contributed by atoms with E-state index in [9.17, 15) is 0 Å². The summed E-state index contributed by atoms with van der Waals surface area (Å²) in [6.07, 6.45) is 5.81. The van der Waals surface area contributed by atoms with E-state index in [1.165, 1.54) is 29.8 Å².